The summed E-state index contributed by atoms with van der Waals surface area (Å²) in [6.45, 7) is 1.87. The SMILES string of the molecule is COc1ccccc1CNC(=O)C1(C)Cc2ccccc2C(=O)N1Cc1ccc(C(F)(F)F)cc1. The number of fused-ring (bicyclic) bond motifs is 1. The number of halogens is 3. The fraction of sp³-hybridized carbons (Fsp3) is 0.259. The Kier molecular flexibility index (Phi) is 6.56. The number of benzene rings is 3. The summed E-state index contributed by atoms with van der Waals surface area (Å²) in [6, 6.07) is 19.0. The molecule has 5 nitrogen and oxygen atoms in total. The van der Waals surface area contributed by atoms with E-state index in [2.05, 4.69) is 5.32 Å². The minimum atomic E-state index is -4.45. The number of nitrogens with one attached hydrogen (secondary N) is 1. The molecule has 8 heteroatoms. The quantitative estimate of drug-likeness (QED) is 0.539. The van der Waals surface area contributed by atoms with Gasteiger partial charge in [0, 0.05) is 30.6 Å². The highest BCUT2D eigenvalue weighted by molar-refractivity contribution is 6.02. The van der Waals surface area contributed by atoms with Gasteiger partial charge in [0.15, 0.2) is 0 Å². The molecule has 35 heavy (non-hydrogen) atoms. The van der Waals surface area contributed by atoms with E-state index in [1.165, 1.54) is 17.0 Å². The van der Waals surface area contributed by atoms with E-state index in [4.69, 9.17) is 4.74 Å². The highest BCUT2D eigenvalue weighted by atomic mass is 19.4. The van der Waals surface area contributed by atoms with Crippen LogP contribution in [-0.4, -0.2) is 29.4 Å². The number of amides is 2. The second kappa shape index (κ2) is 9.44. The normalized spacial score (nSPS) is 17.6. The number of hydrogen-bond acceptors (Lipinski definition) is 3. The Bertz CT molecular complexity index is 1240. The largest absolute Gasteiger partial charge is 0.496 e. The molecule has 4 rings (SSSR count). The molecule has 1 atom stereocenters. The molecule has 0 saturated carbocycles. The van der Waals surface area contributed by atoms with Crippen LogP contribution in [0.3, 0.4) is 0 Å². The minimum absolute atomic E-state index is 0.0100. The van der Waals surface area contributed by atoms with Crippen LogP contribution < -0.4 is 10.1 Å². The third kappa shape index (κ3) is 4.87. The lowest BCUT2D eigenvalue weighted by atomic mass is 9.82. The smallest absolute Gasteiger partial charge is 0.416 e. The molecule has 0 aromatic heterocycles. The van der Waals surface area contributed by atoms with Crippen LogP contribution in [0.4, 0.5) is 13.2 Å². The van der Waals surface area contributed by atoms with Gasteiger partial charge < -0.3 is 15.0 Å². The van der Waals surface area contributed by atoms with Crippen LogP contribution in [0, 0.1) is 0 Å². The average molecular weight is 483 g/mol. The first-order valence-corrected chi connectivity index (χ1v) is 11.1. The number of carbonyl (C=O) groups is 2. The Labute approximate surface area is 201 Å². The maximum atomic E-state index is 13.5. The highest BCUT2D eigenvalue weighted by Gasteiger charge is 2.46. The minimum Gasteiger partial charge on any atom is -0.496 e. The lowest BCUT2D eigenvalue weighted by molar-refractivity contribution is -0.137. The Morgan fingerprint density at radius 1 is 1.03 bits per heavy atom. The average Bonchev–Trinajstić information content (AvgIpc) is 2.85. The number of ether oxygens (including phenoxy) is 1. The van der Waals surface area contributed by atoms with Crippen LogP contribution in [-0.2, 0) is 30.5 Å². The first-order valence-electron chi connectivity index (χ1n) is 11.1. The Balaban J connectivity index is 1.64. The van der Waals surface area contributed by atoms with Crippen molar-refractivity contribution in [1.29, 1.82) is 0 Å². The number of rotatable bonds is 6. The maximum absolute atomic E-state index is 13.5. The van der Waals surface area contributed by atoms with Gasteiger partial charge in [-0.1, -0.05) is 48.5 Å². The molecule has 182 valence electrons. The number of nitrogens with zero attached hydrogens (tertiary/aromatic N) is 1. The van der Waals surface area contributed by atoms with Gasteiger partial charge >= 0.3 is 6.18 Å². The van der Waals surface area contributed by atoms with Crippen molar-refractivity contribution in [2.75, 3.05) is 7.11 Å². The van der Waals surface area contributed by atoms with E-state index in [0.29, 0.717) is 16.9 Å². The van der Waals surface area contributed by atoms with Gasteiger partial charge in [0.25, 0.3) is 5.91 Å². The number of carbonyl (C=O) groups excluding carboxylic acids is 2. The molecule has 3 aromatic carbocycles. The third-order valence-corrected chi connectivity index (χ3v) is 6.37. The van der Waals surface area contributed by atoms with Gasteiger partial charge in [-0.2, -0.15) is 13.2 Å². The van der Waals surface area contributed by atoms with Crippen molar-refractivity contribution in [1.82, 2.24) is 10.2 Å². The molecule has 3 aromatic rings. The van der Waals surface area contributed by atoms with Crippen molar-refractivity contribution >= 4 is 11.8 Å². The van der Waals surface area contributed by atoms with E-state index in [1.54, 1.807) is 32.2 Å². The molecule has 1 unspecified atom stereocenters. The Hall–Kier alpha value is -3.81. The van der Waals surface area contributed by atoms with E-state index in [1.807, 2.05) is 30.3 Å². The van der Waals surface area contributed by atoms with Crippen LogP contribution in [0.2, 0.25) is 0 Å². The molecule has 1 heterocycles. The molecule has 0 fully saturated rings. The molecule has 0 aliphatic carbocycles. The molecule has 0 saturated heterocycles. The number of hydrogen-bond donors (Lipinski definition) is 1. The van der Waals surface area contributed by atoms with E-state index in [9.17, 15) is 22.8 Å². The van der Waals surface area contributed by atoms with Gasteiger partial charge in [0.2, 0.25) is 5.91 Å². The van der Waals surface area contributed by atoms with Crippen molar-refractivity contribution in [2.24, 2.45) is 0 Å². The summed E-state index contributed by atoms with van der Waals surface area (Å²) in [5.41, 5.74) is 0.480. The van der Waals surface area contributed by atoms with Crippen LogP contribution in [0.15, 0.2) is 72.8 Å². The predicted octanol–water partition coefficient (Wildman–Crippen LogP) is 4.99. The third-order valence-electron chi connectivity index (χ3n) is 6.37. The molecule has 1 aliphatic heterocycles. The number of methoxy groups -OCH3 is 1. The standard InChI is InChI=1S/C27H25F3N2O3/c1-26(25(34)31-16-20-8-4-6-10-23(20)35-2)15-19-7-3-5-9-22(19)24(33)32(26)17-18-11-13-21(14-12-18)27(28,29)30/h3-14H,15-17H2,1-2H3,(H,31,34). The van der Waals surface area contributed by atoms with Crippen molar-refractivity contribution in [2.45, 2.75) is 38.1 Å². The number of alkyl halides is 3. The summed E-state index contributed by atoms with van der Waals surface area (Å²) in [6.07, 6.45) is -4.18. The summed E-state index contributed by atoms with van der Waals surface area (Å²) in [4.78, 5) is 28.5. The van der Waals surface area contributed by atoms with Crippen molar-refractivity contribution in [3.8, 4) is 5.75 Å². The van der Waals surface area contributed by atoms with E-state index < -0.39 is 17.3 Å². The molecule has 1 aliphatic rings. The van der Waals surface area contributed by atoms with Gasteiger partial charge in [0.1, 0.15) is 11.3 Å². The zero-order chi connectivity index (χ0) is 25.2. The zero-order valence-corrected chi connectivity index (χ0v) is 19.4. The van der Waals surface area contributed by atoms with E-state index in [-0.39, 0.29) is 31.3 Å². The molecule has 0 spiro atoms. The van der Waals surface area contributed by atoms with Crippen molar-refractivity contribution < 1.29 is 27.5 Å². The van der Waals surface area contributed by atoms with Gasteiger partial charge in [-0.05, 0) is 42.3 Å². The molecule has 2 amide bonds. The summed E-state index contributed by atoms with van der Waals surface area (Å²) < 4.78 is 44.3. The van der Waals surface area contributed by atoms with Crippen LogP contribution in [0.5, 0.6) is 5.75 Å². The van der Waals surface area contributed by atoms with Crippen LogP contribution in [0.25, 0.3) is 0 Å². The second-order valence-corrected chi connectivity index (χ2v) is 8.69. The van der Waals surface area contributed by atoms with E-state index >= 15 is 0 Å². The monoisotopic (exact) mass is 482 g/mol. The maximum Gasteiger partial charge on any atom is 0.416 e. The van der Waals surface area contributed by atoms with Gasteiger partial charge in [-0.15, -0.1) is 0 Å². The first kappa shape index (κ1) is 24.3. The predicted molar refractivity (Wildman–Crippen MR) is 125 cm³/mol. The van der Waals surface area contributed by atoms with Gasteiger partial charge in [-0.25, -0.2) is 0 Å². The molecule has 1 N–H and O–H groups in total. The van der Waals surface area contributed by atoms with Crippen molar-refractivity contribution in [3.05, 3.63) is 101 Å². The van der Waals surface area contributed by atoms with Gasteiger partial charge in [0.05, 0.1) is 12.7 Å². The topological polar surface area (TPSA) is 58.6 Å². The fourth-order valence-corrected chi connectivity index (χ4v) is 4.36. The van der Waals surface area contributed by atoms with Crippen LogP contribution in [0.1, 0.15) is 39.5 Å². The second-order valence-electron chi connectivity index (χ2n) is 8.69. The highest BCUT2D eigenvalue weighted by Crippen LogP contribution is 2.34. The Morgan fingerprint density at radius 3 is 2.37 bits per heavy atom. The first-order chi connectivity index (χ1) is 16.6. The lowest BCUT2D eigenvalue weighted by Gasteiger charge is -2.44. The lowest BCUT2D eigenvalue weighted by Crippen LogP contribution is -2.62. The molecule has 0 radical (unpaired) electrons. The Morgan fingerprint density at radius 2 is 1.69 bits per heavy atom. The zero-order valence-electron chi connectivity index (χ0n) is 19.4. The summed E-state index contributed by atoms with van der Waals surface area (Å²) in [5, 5.41) is 2.92. The van der Waals surface area contributed by atoms with Gasteiger partial charge in [-0.3, -0.25) is 9.59 Å². The van der Waals surface area contributed by atoms with Crippen molar-refractivity contribution in [3.63, 3.8) is 0 Å². The van der Waals surface area contributed by atoms with E-state index in [0.717, 1.165) is 23.3 Å². The number of para-hydroxylation sites is 1. The molecule has 0 bridgehead atoms. The fourth-order valence-electron chi connectivity index (χ4n) is 4.36. The summed E-state index contributed by atoms with van der Waals surface area (Å²) in [5.74, 6) is -0.0792. The summed E-state index contributed by atoms with van der Waals surface area (Å²) in [7, 11) is 1.55. The molecular weight excluding hydrogens is 457 g/mol. The van der Waals surface area contributed by atoms with Crippen LogP contribution >= 0.6 is 0 Å². The molecular formula is C27H25F3N2O3. The summed E-state index contributed by atoms with van der Waals surface area (Å²) >= 11 is 0.